The van der Waals surface area contributed by atoms with Crippen molar-refractivity contribution in [1.82, 2.24) is 10.1 Å². The van der Waals surface area contributed by atoms with E-state index in [2.05, 4.69) is 5.16 Å². The van der Waals surface area contributed by atoms with E-state index in [0.29, 0.717) is 44.0 Å². The predicted octanol–water partition coefficient (Wildman–Crippen LogP) is 3.52. The Morgan fingerprint density at radius 2 is 1.94 bits per heavy atom. The van der Waals surface area contributed by atoms with Crippen LogP contribution in [0, 0.1) is 13.8 Å². The summed E-state index contributed by atoms with van der Waals surface area (Å²) in [4.78, 5) is 29.3. The normalized spacial score (nSPS) is 20.2. The highest BCUT2D eigenvalue weighted by Crippen LogP contribution is 2.33. The van der Waals surface area contributed by atoms with Crippen LogP contribution < -0.4 is 9.64 Å². The molecule has 1 atom stereocenters. The van der Waals surface area contributed by atoms with Crippen LogP contribution >= 0.6 is 0 Å². The molecule has 8 heteroatoms. The number of carbonyl (C=O) groups excluding carboxylic acids is 2. The first-order valence-corrected chi connectivity index (χ1v) is 11.4. The van der Waals surface area contributed by atoms with E-state index in [1.165, 1.54) is 0 Å². The highest BCUT2D eigenvalue weighted by molar-refractivity contribution is 5.96. The van der Waals surface area contributed by atoms with Crippen LogP contribution in [0.3, 0.4) is 0 Å². The Balaban J connectivity index is 1.26. The maximum Gasteiger partial charge on any atom is 0.254 e. The maximum absolute atomic E-state index is 13.3. The first-order valence-electron chi connectivity index (χ1n) is 11.4. The molecule has 2 fully saturated rings. The second-order valence-electron chi connectivity index (χ2n) is 8.88. The van der Waals surface area contributed by atoms with E-state index in [-0.39, 0.29) is 18.4 Å². The van der Waals surface area contributed by atoms with Gasteiger partial charge in [-0.25, -0.2) is 0 Å². The number of carbonyl (C=O) groups is 2. The minimum Gasteiger partial charge on any atom is -0.489 e. The zero-order valence-corrected chi connectivity index (χ0v) is 19.3. The van der Waals surface area contributed by atoms with Crippen LogP contribution in [0.25, 0.3) is 0 Å². The molecule has 1 aromatic heterocycles. The number of anilines is 1. The lowest BCUT2D eigenvalue weighted by atomic mass is 10.00. The molecule has 2 amide bonds. The number of rotatable bonds is 5. The molecule has 3 aromatic rings. The molecule has 2 aliphatic rings. The van der Waals surface area contributed by atoms with Crippen molar-refractivity contribution >= 4 is 17.5 Å². The fourth-order valence-electron chi connectivity index (χ4n) is 4.59. The average molecular weight is 462 g/mol. The van der Waals surface area contributed by atoms with Gasteiger partial charge in [-0.05, 0) is 50.6 Å². The van der Waals surface area contributed by atoms with Crippen molar-refractivity contribution in [2.45, 2.75) is 32.5 Å². The maximum atomic E-state index is 13.3. The van der Waals surface area contributed by atoms with Gasteiger partial charge in [0.15, 0.2) is 0 Å². The van der Waals surface area contributed by atoms with Gasteiger partial charge in [0, 0.05) is 17.8 Å². The van der Waals surface area contributed by atoms with Crippen molar-refractivity contribution in [2.24, 2.45) is 0 Å². The summed E-state index contributed by atoms with van der Waals surface area (Å²) in [6.07, 6.45) is 0.678. The van der Waals surface area contributed by atoms with Gasteiger partial charge in [0.2, 0.25) is 0 Å². The molecule has 176 valence electrons. The second kappa shape index (κ2) is 8.95. The molecular weight excluding hydrogens is 434 g/mol. The van der Waals surface area contributed by atoms with Crippen molar-refractivity contribution in [3.8, 4) is 5.75 Å². The third-order valence-corrected chi connectivity index (χ3v) is 6.57. The van der Waals surface area contributed by atoms with Gasteiger partial charge in [0.25, 0.3) is 11.8 Å². The number of hydrogen-bond acceptors (Lipinski definition) is 6. The van der Waals surface area contributed by atoms with Gasteiger partial charge in [-0.1, -0.05) is 29.4 Å². The van der Waals surface area contributed by atoms with Crippen LogP contribution in [-0.4, -0.2) is 53.7 Å². The van der Waals surface area contributed by atoms with Crippen molar-refractivity contribution in [3.63, 3.8) is 0 Å². The SMILES string of the molecule is Cc1noc(C)c1COc1cccc(C(=O)N2CC[C@]3(C2)CN(c2ccccc2)C(=O)CO3)c1. The van der Waals surface area contributed by atoms with Crippen molar-refractivity contribution < 1.29 is 23.6 Å². The van der Waals surface area contributed by atoms with Crippen LogP contribution in [0.4, 0.5) is 5.69 Å². The number of amides is 2. The fourth-order valence-corrected chi connectivity index (χ4v) is 4.59. The van der Waals surface area contributed by atoms with Crippen LogP contribution in [0.2, 0.25) is 0 Å². The molecule has 0 saturated carbocycles. The van der Waals surface area contributed by atoms with Crippen LogP contribution in [0.15, 0.2) is 59.1 Å². The lowest BCUT2D eigenvalue weighted by molar-refractivity contribution is -0.137. The molecule has 0 unspecified atom stereocenters. The van der Waals surface area contributed by atoms with Crippen LogP contribution in [-0.2, 0) is 16.1 Å². The third-order valence-electron chi connectivity index (χ3n) is 6.57. The van der Waals surface area contributed by atoms with Crippen LogP contribution in [0.5, 0.6) is 5.75 Å². The standard InChI is InChI=1S/C26H27N3O5/c1-18-23(19(2)34-27-18)14-32-22-10-6-7-20(13-22)25(31)28-12-11-26(16-28)17-29(24(30)15-33-26)21-8-4-3-5-9-21/h3-10,13H,11-12,14-17H2,1-2H3/t26-/m0/s1. The second-order valence-corrected chi connectivity index (χ2v) is 8.88. The molecule has 2 aromatic carbocycles. The van der Waals surface area contributed by atoms with E-state index < -0.39 is 5.60 Å². The summed E-state index contributed by atoms with van der Waals surface area (Å²) in [5.74, 6) is 1.19. The number of aromatic nitrogens is 1. The van der Waals surface area contributed by atoms with Gasteiger partial charge in [0.05, 0.1) is 24.3 Å². The smallest absolute Gasteiger partial charge is 0.254 e. The molecular formula is C26H27N3O5. The Kier molecular flexibility index (Phi) is 5.83. The molecule has 0 bridgehead atoms. The molecule has 8 nitrogen and oxygen atoms in total. The Bertz CT molecular complexity index is 1190. The van der Waals surface area contributed by atoms with E-state index in [9.17, 15) is 9.59 Å². The number of morpholine rings is 1. The van der Waals surface area contributed by atoms with Gasteiger partial charge in [-0.3, -0.25) is 9.59 Å². The summed E-state index contributed by atoms with van der Waals surface area (Å²) in [6, 6.07) is 16.8. The summed E-state index contributed by atoms with van der Waals surface area (Å²) in [5, 5.41) is 3.95. The Morgan fingerprint density at radius 1 is 1.12 bits per heavy atom. The van der Waals surface area contributed by atoms with Crippen molar-refractivity contribution in [3.05, 3.63) is 77.2 Å². The first kappa shape index (κ1) is 22.2. The summed E-state index contributed by atoms with van der Waals surface area (Å²) < 4.78 is 17.1. The summed E-state index contributed by atoms with van der Waals surface area (Å²) >= 11 is 0. The van der Waals surface area contributed by atoms with Crippen LogP contribution in [0.1, 0.15) is 33.8 Å². The van der Waals surface area contributed by atoms with Gasteiger partial charge in [-0.2, -0.15) is 0 Å². The van der Waals surface area contributed by atoms with E-state index in [0.717, 1.165) is 22.7 Å². The van der Waals surface area contributed by atoms with E-state index >= 15 is 0 Å². The molecule has 0 N–H and O–H groups in total. The molecule has 0 radical (unpaired) electrons. The molecule has 34 heavy (non-hydrogen) atoms. The lowest BCUT2D eigenvalue weighted by Crippen LogP contribution is -2.56. The number of para-hydroxylation sites is 1. The van der Waals surface area contributed by atoms with Gasteiger partial charge < -0.3 is 23.8 Å². The van der Waals surface area contributed by atoms with Gasteiger partial charge in [0.1, 0.15) is 30.3 Å². The summed E-state index contributed by atoms with van der Waals surface area (Å²) in [5.41, 5.74) is 2.55. The topological polar surface area (TPSA) is 85.1 Å². The predicted molar refractivity (Wildman–Crippen MR) is 125 cm³/mol. The Hall–Kier alpha value is -3.65. The monoisotopic (exact) mass is 461 g/mol. The highest BCUT2D eigenvalue weighted by Gasteiger charge is 2.46. The third kappa shape index (κ3) is 4.28. The number of nitrogens with zero attached hydrogens (tertiary/aromatic N) is 3. The number of ether oxygens (including phenoxy) is 2. The van der Waals surface area contributed by atoms with Crippen molar-refractivity contribution in [1.29, 1.82) is 0 Å². The molecule has 2 aliphatic heterocycles. The van der Waals surface area contributed by atoms with Gasteiger partial charge >= 0.3 is 0 Å². The molecule has 1 spiro atoms. The summed E-state index contributed by atoms with van der Waals surface area (Å²) in [7, 11) is 0. The van der Waals surface area contributed by atoms with Gasteiger partial charge in [-0.15, -0.1) is 0 Å². The first-order chi connectivity index (χ1) is 16.4. The highest BCUT2D eigenvalue weighted by atomic mass is 16.5. The van der Waals surface area contributed by atoms with E-state index in [1.54, 1.807) is 21.9 Å². The van der Waals surface area contributed by atoms with Crippen molar-refractivity contribution in [2.75, 3.05) is 31.1 Å². The Morgan fingerprint density at radius 3 is 2.71 bits per heavy atom. The molecule has 3 heterocycles. The fraction of sp³-hybridized carbons (Fsp3) is 0.346. The van der Waals surface area contributed by atoms with E-state index in [4.69, 9.17) is 14.0 Å². The largest absolute Gasteiger partial charge is 0.489 e. The zero-order valence-electron chi connectivity index (χ0n) is 19.3. The number of benzene rings is 2. The number of hydrogen-bond donors (Lipinski definition) is 0. The minimum absolute atomic E-state index is 0.0158. The zero-order chi connectivity index (χ0) is 23.7. The molecule has 0 aliphatic carbocycles. The average Bonchev–Trinajstić information content (AvgIpc) is 3.42. The molecule has 2 saturated heterocycles. The minimum atomic E-state index is -0.559. The lowest BCUT2D eigenvalue weighted by Gasteiger charge is -2.40. The number of aryl methyl sites for hydroxylation is 2. The van der Waals surface area contributed by atoms with E-state index in [1.807, 2.05) is 56.3 Å². The molecule has 5 rings (SSSR count). The number of likely N-dealkylation sites (tertiary alicyclic amines) is 1. The Labute approximate surface area is 198 Å². The summed E-state index contributed by atoms with van der Waals surface area (Å²) in [6.45, 7) is 5.50. The quantitative estimate of drug-likeness (QED) is 0.578.